The molecule has 1 fully saturated rings. The predicted octanol–water partition coefficient (Wildman–Crippen LogP) is 2.01. The molecular formula is C14H23ClN2O2. The fourth-order valence-corrected chi connectivity index (χ4v) is 2.64. The standard InChI is InChI=1S/C14H22N2O2.ClH/c1-15-9-12-4-3-7-16(12)10-11-5-6-14(18-2)13(17)8-11;/h5-6,8,12,15,17H,3-4,7,9-10H2,1-2H3;1H. The second kappa shape index (κ2) is 7.58. The first-order chi connectivity index (χ1) is 8.74. The Hall–Kier alpha value is -0.970. The normalized spacial score (nSPS) is 19.2. The number of benzene rings is 1. The predicted molar refractivity (Wildman–Crippen MR) is 79.3 cm³/mol. The van der Waals surface area contributed by atoms with Crippen LogP contribution >= 0.6 is 12.4 Å². The van der Waals surface area contributed by atoms with Crippen molar-refractivity contribution in [2.24, 2.45) is 0 Å². The SMILES string of the molecule is CNCC1CCCN1Cc1ccc(OC)c(O)c1.Cl. The maximum atomic E-state index is 9.78. The summed E-state index contributed by atoms with van der Waals surface area (Å²) in [5.41, 5.74) is 1.14. The fraction of sp³-hybridized carbons (Fsp3) is 0.571. The van der Waals surface area contributed by atoms with Crippen LogP contribution in [-0.4, -0.2) is 43.3 Å². The second-order valence-corrected chi connectivity index (χ2v) is 4.83. The Morgan fingerprint density at radius 1 is 1.47 bits per heavy atom. The van der Waals surface area contributed by atoms with Crippen molar-refractivity contribution in [2.75, 3.05) is 27.2 Å². The van der Waals surface area contributed by atoms with Crippen LogP contribution in [-0.2, 0) is 6.54 Å². The van der Waals surface area contributed by atoms with Crippen LogP contribution in [0.5, 0.6) is 11.5 Å². The van der Waals surface area contributed by atoms with Crippen molar-refractivity contribution in [3.8, 4) is 11.5 Å². The molecule has 0 aliphatic carbocycles. The number of likely N-dealkylation sites (tertiary alicyclic amines) is 1. The number of phenolic OH excluding ortho intramolecular Hbond substituents is 1. The number of hydrogen-bond donors (Lipinski definition) is 2. The van der Waals surface area contributed by atoms with Gasteiger partial charge in [0.05, 0.1) is 7.11 Å². The molecule has 1 atom stereocenters. The number of nitrogens with zero attached hydrogens (tertiary/aromatic N) is 1. The summed E-state index contributed by atoms with van der Waals surface area (Å²) in [4.78, 5) is 2.47. The summed E-state index contributed by atoms with van der Waals surface area (Å²) in [6.45, 7) is 3.06. The topological polar surface area (TPSA) is 44.7 Å². The van der Waals surface area contributed by atoms with Crippen LogP contribution < -0.4 is 10.1 Å². The molecule has 2 N–H and O–H groups in total. The summed E-state index contributed by atoms with van der Waals surface area (Å²) in [6.07, 6.45) is 2.51. The first kappa shape index (κ1) is 16.1. The number of phenols is 1. The average Bonchev–Trinajstić information content (AvgIpc) is 2.78. The number of ether oxygens (including phenoxy) is 1. The molecule has 0 amide bonds. The molecule has 1 aromatic carbocycles. The van der Waals surface area contributed by atoms with E-state index in [0.717, 1.165) is 25.2 Å². The lowest BCUT2D eigenvalue weighted by atomic mass is 10.1. The Balaban J connectivity index is 0.00000180. The summed E-state index contributed by atoms with van der Waals surface area (Å²) in [5, 5.41) is 13.0. The van der Waals surface area contributed by atoms with Crippen molar-refractivity contribution >= 4 is 12.4 Å². The molecule has 1 aliphatic rings. The monoisotopic (exact) mass is 286 g/mol. The van der Waals surface area contributed by atoms with Gasteiger partial charge in [0.2, 0.25) is 0 Å². The van der Waals surface area contributed by atoms with Gasteiger partial charge in [-0.25, -0.2) is 0 Å². The number of nitrogens with one attached hydrogen (secondary N) is 1. The molecule has 2 rings (SSSR count). The summed E-state index contributed by atoms with van der Waals surface area (Å²) in [5.74, 6) is 0.756. The molecule has 1 heterocycles. The van der Waals surface area contributed by atoms with E-state index in [1.165, 1.54) is 12.8 Å². The molecule has 4 nitrogen and oxygen atoms in total. The van der Waals surface area contributed by atoms with E-state index >= 15 is 0 Å². The van der Waals surface area contributed by atoms with Crippen LogP contribution in [0.1, 0.15) is 18.4 Å². The zero-order chi connectivity index (χ0) is 13.0. The molecular weight excluding hydrogens is 264 g/mol. The number of hydrogen-bond acceptors (Lipinski definition) is 4. The molecule has 0 radical (unpaired) electrons. The summed E-state index contributed by atoms with van der Waals surface area (Å²) < 4.78 is 5.06. The average molecular weight is 287 g/mol. The van der Waals surface area contributed by atoms with E-state index in [1.54, 1.807) is 13.2 Å². The molecule has 1 saturated heterocycles. The third kappa shape index (κ3) is 4.00. The van der Waals surface area contributed by atoms with Gasteiger partial charge in [0.1, 0.15) is 0 Å². The van der Waals surface area contributed by atoms with Gasteiger partial charge in [-0.1, -0.05) is 6.07 Å². The zero-order valence-corrected chi connectivity index (χ0v) is 12.4. The Kier molecular flexibility index (Phi) is 6.42. The van der Waals surface area contributed by atoms with E-state index in [9.17, 15) is 5.11 Å². The van der Waals surface area contributed by atoms with Gasteiger partial charge in [-0.05, 0) is 44.1 Å². The van der Waals surface area contributed by atoms with Crippen LogP contribution in [0.3, 0.4) is 0 Å². The summed E-state index contributed by atoms with van der Waals surface area (Å²) in [7, 11) is 3.56. The number of likely N-dealkylation sites (N-methyl/N-ethyl adjacent to an activating group) is 1. The Labute approximate surface area is 121 Å². The lowest BCUT2D eigenvalue weighted by Crippen LogP contribution is -2.36. The third-order valence-electron chi connectivity index (χ3n) is 3.57. The van der Waals surface area contributed by atoms with E-state index < -0.39 is 0 Å². The number of rotatable bonds is 5. The van der Waals surface area contributed by atoms with Crippen molar-refractivity contribution < 1.29 is 9.84 Å². The molecule has 0 spiro atoms. The Morgan fingerprint density at radius 3 is 2.89 bits per heavy atom. The fourth-order valence-electron chi connectivity index (χ4n) is 2.64. The van der Waals surface area contributed by atoms with Crippen LogP contribution in [0.25, 0.3) is 0 Å². The molecule has 108 valence electrons. The maximum Gasteiger partial charge on any atom is 0.160 e. The quantitative estimate of drug-likeness (QED) is 0.869. The van der Waals surface area contributed by atoms with Gasteiger partial charge in [0.15, 0.2) is 11.5 Å². The highest BCUT2D eigenvalue weighted by Gasteiger charge is 2.23. The van der Waals surface area contributed by atoms with Gasteiger partial charge in [0.25, 0.3) is 0 Å². The molecule has 0 bridgehead atoms. The van der Waals surface area contributed by atoms with Crippen LogP contribution in [0.2, 0.25) is 0 Å². The van der Waals surface area contributed by atoms with Crippen LogP contribution in [0, 0.1) is 0 Å². The van der Waals surface area contributed by atoms with Crippen molar-refractivity contribution in [3.05, 3.63) is 23.8 Å². The Bertz CT molecular complexity index is 401. The van der Waals surface area contributed by atoms with Crippen molar-refractivity contribution in [3.63, 3.8) is 0 Å². The van der Waals surface area contributed by atoms with Gasteiger partial charge in [-0.15, -0.1) is 12.4 Å². The van der Waals surface area contributed by atoms with Crippen LogP contribution in [0.4, 0.5) is 0 Å². The maximum absolute atomic E-state index is 9.78. The molecule has 19 heavy (non-hydrogen) atoms. The Morgan fingerprint density at radius 2 is 2.26 bits per heavy atom. The van der Waals surface area contributed by atoms with Gasteiger partial charge in [-0.2, -0.15) is 0 Å². The van der Waals surface area contributed by atoms with Crippen molar-refractivity contribution in [1.82, 2.24) is 10.2 Å². The van der Waals surface area contributed by atoms with Gasteiger partial charge >= 0.3 is 0 Å². The number of halogens is 1. The second-order valence-electron chi connectivity index (χ2n) is 4.83. The molecule has 0 aromatic heterocycles. The minimum atomic E-state index is 0. The highest BCUT2D eigenvalue weighted by Crippen LogP contribution is 2.28. The van der Waals surface area contributed by atoms with E-state index in [0.29, 0.717) is 11.8 Å². The largest absolute Gasteiger partial charge is 0.504 e. The minimum Gasteiger partial charge on any atom is -0.504 e. The first-order valence-corrected chi connectivity index (χ1v) is 6.49. The zero-order valence-electron chi connectivity index (χ0n) is 11.6. The molecule has 1 aliphatic heterocycles. The third-order valence-corrected chi connectivity index (χ3v) is 3.57. The van der Waals surface area contributed by atoms with E-state index in [1.807, 2.05) is 19.2 Å². The molecule has 1 unspecified atom stereocenters. The van der Waals surface area contributed by atoms with Crippen LogP contribution in [0.15, 0.2) is 18.2 Å². The smallest absolute Gasteiger partial charge is 0.160 e. The summed E-state index contributed by atoms with van der Waals surface area (Å²) in [6, 6.07) is 6.26. The minimum absolute atomic E-state index is 0. The molecule has 1 aromatic rings. The lowest BCUT2D eigenvalue weighted by molar-refractivity contribution is 0.242. The van der Waals surface area contributed by atoms with Crippen molar-refractivity contribution in [1.29, 1.82) is 0 Å². The first-order valence-electron chi connectivity index (χ1n) is 6.49. The lowest BCUT2D eigenvalue weighted by Gasteiger charge is -2.24. The van der Waals surface area contributed by atoms with Gasteiger partial charge in [0, 0.05) is 19.1 Å². The summed E-state index contributed by atoms with van der Waals surface area (Å²) >= 11 is 0. The molecule has 5 heteroatoms. The number of methoxy groups -OCH3 is 1. The van der Waals surface area contributed by atoms with E-state index in [-0.39, 0.29) is 18.2 Å². The highest BCUT2D eigenvalue weighted by molar-refractivity contribution is 5.85. The highest BCUT2D eigenvalue weighted by atomic mass is 35.5. The van der Waals surface area contributed by atoms with E-state index in [4.69, 9.17) is 4.74 Å². The van der Waals surface area contributed by atoms with Gasteiger partial charge < -0.3 is 15.2 Å². The van der Waals surface area contributed by atoms with Gasteiger partial charge in [-0.3, -0.25) is 4.90 Å². The van der Waals surface area contributed by atoms with Crippen molar-refractivity contribution in [2.45, 2.75) is 25.4 Å². The molecule has 0 saturated carbocycles. The number of aromatic hydroxyl groups is 1. The van der Waals surface area contributed by atoms with E-state index in [2.05, 4.69) is 10.2 Å².